The first kappa shape index (κ1) is 14.8. The molecule has 0 aromatic carbocycles. The first-order valence-corrected chi connectivity index (χ1v) is 6.74. The summed E-state index contributed by atoms with van der Waals surface area (Å²) in [5.74, 6) is 0. The predicted molar refractivity (Wildman–Crippen MR) is 76.7 cm³/mol. The van der Waals surface area contributed by atoms with Gasteiger partial charge >= 0.3 is 0 Å². The molecule has 18 heavy (non-hydrogen) atoms. The summed E-state index contributed by atoms with van der Waals surface area (Å²) in [4.78, 5) is 14.0. The molecule has 1 rings (SSSR count). The number of nitrogens with zero attached hydrogens (tertiary/aromatic N) is 2. The Bertz CT molecular complexity index is 412. The Morgan fingerprint density at radius 3 is 2.67 bits per heavy atom. The highest BCUT2D eigenvalue weighted by Gasteiger charge is 2.07. The van der Waals surface area contributed by atoms with Crippen molar-refractivity contribution in [2.45, 2.75) is 46.2 Å². The highest BCUT2D eigenvalue weighted by molar-refractivity contribution is 5.33. The number of aromatic nitrogens is 1. The Morgan fingerprint density at radius 2 is 2.06 bits per heavy atom. The maximum atomic E-state index is 11.6. The van der Waals surface area contributed by atoms with Gasteiger partial charge in [0.05, 0.1) is 0 Å². The lowest BCUT2D eigenvalue weighted by molar-refractivity contribution is 0.215. The van der Waals surface area contributed by atoms with Gasteiger partial charge in [-0.1, -0.05) is 6.92 Å². The van der Waals surface area contributed by atoms with E-state index in [-0.39, 0.29) is 5.56 Å². The molecular formula is C14H25N3O. The van der Waals surface area contributed by atoms with Crippen molar-refractivity contribution < 1.29 is 0 Å². The number of rotatable bonds is 7. The lowest BCUT2D eigenvalue weighted by atomic mass is 10.2. The number of nitrogens with two attached hydrogens (primary N) is 1. The van der Waals surface area contributed by atoms with Gasteiger partial charge in [-0.15, -0.1) is 0 Å². The highest BCUT2D eigenvalue weighted by Crippen LogP contribution is 2.03. The van der Waals surface area contributed by atoms with Gasteiger partial charge in [0.2, 0.25) is 0 Å². The lowest BCUT2D eigenvalue weighted by Gasteiger charge is -2.25. The molecule has 0 unspecified atom stereocenters. The minimum Gasteiger partial charge on any atom is -0.398 e. The zero-order chi connectivity index (χ0) is 13.5. The third kappa shape index (κ3) is 4.53. The number of hydrogen-bond donors (Lipinski definition) is 1. The van der Waals surface area contributed by atoms with Crippen LogP contribution in [0.5, 0.6) is 0 Å². The van der Waals surface area contributed by atoms with E-state index in [1.807, 2.05) is 0 Å². The molecule has 2 N–H and O–H groups in total. The molecule has 1 heterocycles. The van der Waals surface area contributed by atoms with Crippen molar-refractivity contribution in [3.05, 3.63) is 28.7 Å². The van der Waals surface area contributed by atoms with Gasteiger partial charge in [0.15, 0.2) is 0 Å². The second kappa shape index (κ2) is 7.21. The van der Waals surface area contributed by atoms with E-state index in [1.165, 1.54) is 6.07 Å². The SMILES string of the molecule is CCCN(CCCn1cc(N)ccc1=O)C(C)C. The fraction of sp³-hybridized carbons (Fsp3) is 0.643. The summed E-state index contributed by atoms with van der Waals surface area (Å²) < 4.78 is 1.69. The van der Waals surface area contributed by atoms with Crippen molar-refractivity contribution >= 4 is 5.69 Å². The fourth-order valence-electron chi connectivity index (χ4n) is 2.08. The van der Waals surface area contributed by atoms with Gasteiger partial charge in [0.25, 0.3) is 5.56 Å². The van der Waals surface area contributed by atoms with Crippen LogP contribution in [-0.4, -0.2) is 28.6 Å². The molecule has 0 aliphatic rings. The van der Waals surface area contributed by atoms with E-state index in [1.54, 1.807) is 16.8 Å². The van der Waals surface area contributed by atoms with Crippen LogP contribution in [0.25, 0.3) is 0 Å². The van der Waals surface area contributed by atoms with E-state index in [0.29, 0.717) is 11.7 Å². The standard InChI is InChI=1S/C14H25N3O/c1-4-8-16(12(2)3)9-5-10-17-11-13(15)6-7-14(17)18/h6-7,11-12H,4-5,8-10,15H2,1-3H3. The molecule has 0 radical (unpaired) electrons. The predicted octanol–water partition coefficient (Wildman–Crippen LogP) is 1.94. The molecule has 4 nitrogen and oxygen atoms in total. The third-order valence-electron chi connectivity index (χ3n) is 3.09. The maximum absolute atomic E-state index is 11.6. The van der Waals surface area contributed by atoms with Gasteiger partial charge in [-0.3, -0.25) is 4.79 Å². The van der Waals surface area contributed by atoms with Gasteiger partial charge in [-0.25, -0.2) is 0 Å². The Kier molecular flexibility index (Phi) is 5.92. The number of aryl methyl sites for hydroxylation is 1. The normalized spacial score (nSPS) is 11.4. The van der Waals surface area contributed by atoms with Crippen molar-refractivity contribution in [2.24, 2.45) is 0 Å². The quantitative estimate of drug-likeness (QED) is 0.805. The molecule has 0 saturated carbocycles. The molecule has 0 saturated heterocycles. The Labute approximate surface area is 109 Å². The van der Waals surface area contributed by atoms with E-state index >= 15 is 0 Å². The summed E-state index contributed by atoms with van der Waals surface area (Å²) in [6.07, 6.45) is 3.86. The van der Waals surface area contributed by atoms with Gasteiger partial charge in [-0.2, -0.15) is 0 Å². The van der Waals surface area contributed by atoms with E-state index in [9.17, 15) is 4.79 Å². The molecule has 102 valence electrons. The molecule has 0 atom stereocenters. The molecule has 0 fully saturated rings. The largest absolute Gasteiger partial charge is 0.398 e. The lowest BCUT2D eigenvalue weighted by Crippen LogP contribution is -2.33. The maximum Gasteiger partial charge on any atom is 0.250 e. The molecule has 0 amide bonds. The minimum absolute atomic E-state index is 0.0239. The van der Waals surface area contributed by atoms with Gasteiger partial charge in [0.1, 0.15) is 0 Å². The van der Waals surface area contributed by atoms with Crippen LogP contribution in [0.15, 0.2) is 23.1 Å². The van der Waals surface area contributed by atoms with Gasteiger partial charge in [0, 0.05) is 37.1 Å². The summed E-state index contributed by atoms with van der Waals surface area (Å²) in [5.41, 5.74) is 6.35. The van der Waals surface area contributed by atoms with Crippen LogP contribution in [0, 0.1) is 0 Å². The minimum atomic E-state index is 0.0239. The van der Waals surface area contributed by atoms with Gasteiger partial charge < -0.3 is 15.2 Å². The van der Waals surface area contributed by atoms with Crippen LogP contribution in [0.1, 0.15) is 33.6 Å². The number of pyridine rings is 1. The van der Waals surface area contributed by atoms with E-state index < -0.39 is 0 Å². The van der Waals surface area contributed by atoms with Crippen LogP contribution < -0.4 is 11.3 Å². The number of anilines is 1. The smallest absolute Gasteiger partial charge is 0.250 e. The molecule has 0 aliphatic heterocycles. The fourth-order valence-corrected chi connectivity index (χ4v) is 2.08. The molecule has 1 aromatic rings. The van der Waals surface area contributed by atoms with Crippen molar-refractivity contribution in [3.63, 3.8) is 0 Å². The average Bonchev–Trinajstić information content (AvgIpc) is 2.32. The second-order valence-electron chi connectivity index (χ2n) is 4.98. The summed E-state index contributed by atoms with van der Waals surface area (Å²) in [6.45, 7) is 9.48. The second-order valence-corrected chi connectivity index (χ2v) is 4.98. The van der Waals surface area contributed by atoms with Crippen molar-refractivity contribution in [1.29, 1.82) is 0 Å². The van der Waals surface area contributed by atoms with E-state index in [0.717, 1.165) is 32.5 Å². The van der Waals surface area contributed by atoms with E-state index in [4.69, 9.17) is 5.73 Å². The zero-order valence-corrected chi connectivity index (χ0v) is 11.7. The van der Waals surface area contributed by atoms with Crippen LogP contribution in [0.2, 0.25) is 0 Å². The molecular weight excluding hydrogens is 226 g/mol. The van der Waals surface area contributed by atoms with Crippen LogP contribution in [-0.2, 0) is 6.54 Å². The van der Waals surface area contributed by atoms with Crippen molar-refractivity contribution in [1.82, 2.24) is 9.47 Å². The first-order chi connectivity index (χ1) is 8.54. The average molecular weight is 251 g/mol. The molecule has 4 heteroatoms. The number of nitrogen functional groups attached to an aromatic ring is 1. The van der Waals surface area contributed by atoms with E-state index in [2.05, 4.69) is 25.7 Å². The molecule has 1 aromatic heterocycles. The van der Waals surface area contributed by atoms with Gasteiger partial charge in [-0.05, 0) is 39.3 Å². The number of hydrogen-bond acceptors (Lipinski definition) is 3. The van der Waals surface area contributed by atoms with Crippen molar-refractivity contribution in [2.75, 3.05) is 18.8 Å². The van der Waals surface area contributed by atoms with Crippen LogP contribution in [0.3, 0.4) is 0 Å². The Morgan fingerprint density at radius 1 is 1.33 bits per heavy atom. The summed E-state index contributed by atoms with van der Waals surface area (Å²) in [5, 5.41) is 0. The zero-order valence-electron chi connectivity index (χ0n) is 11.7. The van der Waals surface area contributed by atoms with Crippen molar-refractivity contribution in [3.8, 4) is 0 Å². The van der Waals surface area contributed by atoms with Crippen LogP contribution in [0.4, 0.5) is 5.69 Å². The topological polar surface area (TPSA) is 51.3 Å². The van der Waals surface area contributed by atoms with Crippen LogP contribution >= 0.6 is 0 Å². The summed E-state index contributed by atoms with van der Waals surface area (Å²) in [7, 11) is 0. The molecule has 0 aliphatic carbocycles. The third-order valence-corrected chi connectivity index (χ3v) is 3.09. The molecule has 0 spiro atoms. The Balaban J connectivity index is 2.49. The summed E-state index contributed by atoms with van der Waals surface area (Å²) in [6, 6.07) is 3.74. The monoisotopic (exact) mass is 251 g/mol. The Hall–Kier alpha value is -1.29. The summed E-state index contributed by atoms with van der Waals surface area (Å²) >= 11 is 0. The molecule has 0 bridgehead atoms. The first-order valence-electron chi connectivity index (χ1n) is 6.74. The highest BCUT2D eigenvalue weighted by atomic mass is 16.1.